The van der Waals surface area contributed by atoms with E-state index in [1.54, 1.807) is 6.08 Å². The molecule has 0 aliphatic carbocycles. The molecular weight excluding hydrogens is 1000 g/mol. The fourth-order valence-corrected chi connectivity index (χ4v) is 9.07. The van der Waals surface area contributed by atoms with Crippen LogP contribution in [-0.4, -0.2) is 140 Å². The molecule has 0 bridgehead atoms. The molecule has 0 saturated carbocycles. The van der Waals surface area contributed by atoms with Crippen LogP contribution >= 0.6 is 0 Å². The number of rotatable bonds is 46. The molecule has 12 unspecified atom stereocenters. The van der Waals surface area contributed by atoms with Crippen molar-refractivity contribution in [3.8, 4) is 0 Å². The van der Waals surface area contributed by atoms with Crippen molar-refractivity contribution in [1.82, 2.24) is 5.32 Å². The normalized spacial score (nSPS) is 25.3. The lowest BCUT2D eigenvalue weighted by Gasteiger charge is -2.46. The third kappa shape index (κ3) is 34.4. The summed E-state index contributed by atoms with van der Waals surface area (Å²) in [5, 5.41) is 86.8. The van der Waals surface area contributed by atoms with Crippen molar-refractivity contribution in [2.24, 2.45) is 0 Å². The van der Waals surface area contributed by atoms with Crippen LogP contribution in [-0.2, 0) is 23.7 Å². The molecule has 2 aliphatic heterocycles. The van der Waals surface area contributed by atoms with Crippen LogP contribution in [0.1, 0.15) is 187 Å². The van der Waals surface area contributed by atoms with Crippen molar-refractivity contribution in [2.45, 2.75) is 261 Å². The van der Waals surface area contributed by atoms with Crippen LogP contribution in [0.15, 0.2) is 122 Å². The Morgan fingerprint density at radius 2 is 0.848 bits per heavy atom. The highest BCUT2D eigenvalue weighted by Crippen LogP contribution is 2.30. The molecular formula is C65H107NO13. The summed E-state index contributed by atoms with van der Waals surface area (Å²) in [5.74, 6) is -0.263. The molecule has 2 aliphatic rings. The van der Waals surface area contributed by atoms with Crippen molar-refractivity contribution >= 4 is 5.91 Å². The highest BCUT2D eigenvalue weighted by molar-refractivity contribution is 5.76. The number of carbonyl (C=O) groups is 1. The summed E-state index contributed by atoms with van der Waals surface area (Å²) in [4.78, 5) is 13.2. The van der Waals surface area contributed by atoms with Crippen LogP contribution in [0.3, 0.4) is 0 Å². The van der Waals surface area contributed by atoms with Crippen LogP contribution in [0.4, 0.5) is 0 Å². The van der Waals surface area contributed by atoms with Gasteiger partial charge in [-0.2, -0.15) is 0 Å². The molecule has 0 aromatic carbocycles. The van der Waals surface area contributed by atoms with Crippen LogP contribution in [0.25, 0.3) is 0 Å². The lowest BCUT2D eigenvalue weighted by Crippen LogP contribution is -2.65. The van der Waals surface area contributed by atoms with Gasteiger partial charge in [0.1, 0.15) is 48.8 Å². The molecule has 14 heteroatoms. The van der Waals surface area contributed by atoms with Crippen molar-refractivity contribution in [3.05, 3.63) is 122 Å². The second-order valence-corrected chi connectivity index (χ2v) is 20.7. The summed E-state index contributed by atoms with van der Waals surface area (Å²) in [6, 6.07) is -0.944. The van der Waals surface area contributed by atoms with Gasteiger partial charge in [-0.25, -0.2) is 0 Å². The first-order valence-electron chi connectivity index (χ1n) is 30.3. The smallest absolute Gasteiger partial charge is 0.220 e. The predicted octanol–water partition coefficient (Wildman–Crippen LogP) is 10.6. The summed E-state index contributed by atoms with van der Waals surface area (Å²) in [6.07, 6.45) is 54.2. The van der Waals surface area contributed by atoms with E-state index in [1.807, 2.05) is 6.08 Å². The second-order valence-electron chi connectivity index (χ2n) is 20.7. The van der Waals surface area contributed by atoms with E-state index in [2.05, 4.69) is 129 Å². The van der Waals surface area contributed by atoms with Crippen molar-refractivity contribution < 1.29 is 64.6 Å². The molecule has 12 atom stereocenters. The maximum absolute atomic E-state index is 13.2. The zero-order chi connectivity index (χ0) is 57.4. The van der Waals surface area contributed by atoms with E-state index in [0.717, 1.165) is 96.3 Å². The fraction of sp³-hybridized carbons (Fsp3) is 0.677. The maximum Gasteiger partial charge on any atom is 0.220 e. The van der Waals surface area contributed by atoms with Crippen molar-refractivity contribution in [1.29, 1.82) is 0 Å². The minimum absolute atomic E-state index is 0.261. The third-order valence-corrected chi connectivity index (χ3v) is 13.9. The highest BCUT2D eigenvalue weighted by atomic mass is 16.7. The molecule has 79 heavy (non-hydrogen) atoms. The molecule has 2 saturated heterocycles. The molecule has 0 spiro atoms. The maximum atomic E-state index is 13.2. The average molecular weight is 1110 g/mol. The number of hydrogen-bond acceptors (Lipinski definition) is 13. The highest BCUT2D eigenvalue weighted by Gasteiger charge is 2.51. The van der Waals surface area contributed by atoms with Gasteiger partial charge in [0.15, 0.2) is 12.6 Å². The number of ether oxygens (including phenoxy) is 4. The lowest BCUT2D eigenvalue weighted by atomic mass is 9.97. The number of unbranched alkanes of at least 4 members (excludes halogenated alkanes) is 15. The van der Waals surface area contributed by atoms with Crippen molar-refractivity contribution in [3.63, 3.8) is 0 Å². The molecule has 0 aromatic heterocycles. The Labute approximate surface area is 476 Å². The van der Waals surface area contributed by atoms with E-state index < -0.39 is 86.8 Å². The number of allylic oxidation sites excluding steroid dienone is 19. The molecule has 2 heterocycles. The fourth-order valence-electron chi connectivity index (χ4n) is 9.07. The molecule has 1 amide bonds. The number of amides is 1. The average Bonchev–Trinajstić information content (AvgIpc) is 3.47. The second kappa shape index (κ2) is 49.0. The Morgan fingerprint density at radius 1 is 0.456 bits per heavy atom. The van der Waals surface area contributed by atoms with Crippen LogP contribution in [0.5, 0.6) is 0 Å². The van der Waals surface area contributed by atoms with E-state index in [1.165, 1.54) is 57.8 Å². The molecule has 2 rings (SSSR count). The molecule has 14 nitrogen and oxygen atoms in total. The number of nitrogens with one attached hydrogen (secondary N) is 1. The van der Waals surface area contributed by atoms with Crippen LogP contribution < -0.4 is 5.32 Å². The van der Waals surface area contributed by atoms with Gasteiger partial charge >= 0.3 is 0 Å². The Bertz CT molecular complexity index is 1790. The zero-order valence-corrected chi connectivity index (χ0v) is 48.3. The topological polar surface area (TPSA) is 228 Å². The first-order valence-corrected chi connectivity index (χ1v) is 30.3. The summed E-state index contributed by atoms with van der Waals surface area (Å²) in [6.45, 7) is 2.50. The first kappa shape index (κ1) is 71.5. The molecule has 9 N–H and O–H groups in total. The van der Waals surface area contributed by atoms with Gasteiger partial charge in [-0.3, -0.25) is 4.79 Å². The Balaban J connectivity index is 1.63. The first-order chi connectivity index (χ1) is 38.6. The quantitative estimate of drug-likeness (QED) is 0.0204. The SMILES string of the molecule is CC/C=C\C/C=C\C/C=C\C/C=C\C/C=C\C/C=C\C/C=C\CCCCCCCCCCCCCCCC(=O)NC(COC1OC(CO)C(OC2OC(CO)C(O)C(O)C2O)C(O)C1O)C(O)/C=C/CC/C=C/CC/C=C/CC. The molecule has 450 valence electrons. The number of aliphatic hydroxyl groups excluding tert-OH is 8. The summed E-state index contributed by atoms with van der Waals surface area (Å²) < 4.78 is 22.7. The van der Waals surface area contributed by atoms with E-state index in [0.29, 0.717) is 12.8 Å². The monoisotopic (exact) mass is 1110 g/mol. The Morgan fingerprint density at radius 3 is 1.34 bits per heavy atom. The van der Waals surface area contributed by atoms with Gasteiger partial charge in [-0.1, -0.05) is 206 Å². The van der Waals surface area contributed by atoms with Crippen LogP contribution in [0.2, 0.25) is 0 Å². The van der Waals surface area contributed by atoms with Gasteiger partial charge in [0.2, 0.25) is 5.91 Å². The Hall–Kier alpha value is -3.61. The number of aliphatic hydroxyl groups is 8. The van der Waals surface area contributed by atoms with Crippen molar-refractivity contribution in [2.75, 3.05) is 19.8 Å². The third-order valence-electron chi connectivity index (χ3n) is 13.9. The zero-order valence-electron chi connectivity index (χ0n) is 48.3. The minimum Gasteiger partial charge on any atom is -0.394 e. The van der Waals surface area contributed by atoms with Gasteiger partial charge in [0.25, 0.3) is 0 Å². The van der Waals surface area contributed by atoms with Crippen LogP contribution in [0, 0.1) is 0 Å². The minimum atomic E-state index is -1.80. The standard InChI is InChI=1S/C65H107NO13/c1-3-5-7-9-11-13-15-16-17-18-19-20-21-22-23-24-25-26-27-28-29-30-31-32-33-34-35-36-37-38-39-41-43-45-47-49-57(70)66-53(54(69)48-46-44-42-40-14-12-10-8-6-4-2)52-76-64-62(75)60(73)63(56(51-68)78-64)79-65-61(74)59(72)58(71)55(50-67)77-65/h5-8,11,13-14,16-17,19-20,22-23,25-26,28-29,40,46,48,53-56,58-65,67-69,71-75H,3-4,9-10,12,15,18,21,24,27,30-39,41-45,47,49-52H2,1-2H3,(H,66,70)/b7-5-,8-6+,13-11-,17-16-,20-19-,23-22-,26-25-,29-28-,40-14+,48-46+. The predicted molar refractivity (Wildman–Crippen MR) is 318 cm³/mol. The summed E-state index contributed by atoms with van der Waals surface area (Å²) in [5.41, 5.74) is 0. The molecule has 0 aromatic rings. The van der Waals surface area contributed by atoms with E-state index in [4.69, 9.17) is 18.9 Å². The van der Waals surface area contributed by atoms with Gasteiger partial charge in [-0.05, 0) is 96.3 Å². The largest absolute Gasteiger partial charge is 0.394 e. The van der Waals surface area contributed by atoms with E-state index >= 15 is 0 Å². The molecule has 0 radical (unpaired) electrons. The lowest BCUT2D eigenvalue weighted by molar-refractivity contribution is -0.359. The van der Waals surface area contributed by atoms with E-state index in [9.17, 15) is 45.6 Å². The number of carbonyl (C=O) groups excluding carboxylic acids is 1. The summed E-state index contributed by atoms with van der Waals surface area (Å²) in [7, 11) is 0. The Kier molecular flexibility index (Phi) is 44.4. The van der Waals surface area contributed by atoms with Gasteiger partial charge in [-0.15, -0.1) is 0 Å². The van der Waals surface area contributed by atoms with Gasteiger partial charge < -0.3 is 65.1 Å². The van der Waals surface area contributed by atoms with E-state index in [-0.39, 0.29) is 18.9 Å². The number of hydrogen-bond donors (Lipinski definition) is 9. The molecule has 2 fully saturated rings. The summed E-state index contributed by atoms with van der Waals surface area (Å²) >= 11 is 0. The van der Waals surface area contributed by atoms with Gasteiger partial charge in [0.05, 0.1) is 32.0 Å². The van der Waals surface area contributed by atoms with Gasteiger partial charge in [0, 0.05) is 6.42 Å².